The largest absolute Gasteiger partial charge is 0.496 e. The monoisotopic (exact) mass is 486 g/mol. The third-order valence-electron chi connectivity index (χ3n) is 6.16. The maximum absolute atomic E-state index is 12.9. The van der Waals surface area contributed by atoms with Crippen molar-refractivity contribution >= 4 is 40.2 Å². The molecule has 0 spiro atoms. The number of aromatic nitrogens is 2. The summed E-state index contributed by atoms with van der Waals surface area (Å²) in [6.07, 6.45) is 1.63. The first-order valence-electron chi connectivity index (χ1n) is 11.4. The van der Waals surface area contributed by atoms with Gasteiger partial charge in [0.05, 0.1) is 46.6 Å². The summed E-state index contributed by atoms with van der Waals surface area (Å²) in [5.41, 5.74) is 8.53. The molecule has 3 aromatic rings. The Hall–Kier alpha value is -3.01. The zero-order valence-electron chi connectivity index (χ0n) is 19.4. The molecule has 2 aromatic carbocycles. The van der Waals surface area contributed by atoms with Crippen molar-refractivity contribution in [1.82, 2.24) is 20.2 Å². The third kappa shape index (κ3) is 5.55. The van der Waals surface area contributed by atoms with Crippen molar-refractivity contribution in [2.75, 3.05) is 51.4 Å². The number of aromatic amines is 1. The SMILES string of the molecule is COc1cc(N)c(Cl)cc1C(=O)N[C@@H]1CCN(CCCNc2nc3ccccc3[nH]2)C[C@@H]1OC. The zero-order valence-corrected chi connectivity index (χ0v) is 20.2. The summed E-state index contributed by atoms with van der Waals surface area (Å²) in [6.45, 7) is 3.35. The number of benzene rings is 2. The molecule has 9 nitrogen and oxygen atoms in total. The molecule has 0 radical (unpaired) electrons. The molecule has 2 heterocycles. The van der Waals surface area contributed by atoms with Gasteiger partial charge in [0.2, 0.25) is 5.95 Å². The second-order valence-corrected chi connectivity index (χ2v) is 8.81. The number of nitrogens with one attached hydrogen (secondary N) is 3. The van der Waals surface area contributed by atoms with E-state index in [0.717, 1.165) is 56.0 Å². The Labute approximate surface area is 203 Å². The van der Waals surface area contributed by atoms with Crippen LogP contribution in [0.25, 0.3) is 11.0 Å². The van der Waals surface area contributed by atoms with Crippen molar-refractivity contribution in [1.29, 1.82) is 0 Å². The van der Waals surface area contributed by atoms with E-state index in [0.29, 0.717) is 22.0 Å². The number of rotatable bonds is 9. The highest BCUT2D eigenvalue weighted by atomic mass is 35.5. The summed E-state index contributed by atoms with van der Waals surface area (Å²) in [6, 6.07) is 11.0. The van der Waals surface area contributed by atoms with E-state index in [9.17, 15) is 4.79 Å². The molecular formula is C24H31ClN6O3. The number of halogens is 1. The first kappa shape index (κ1) is 24.1. The van der Waals surface area contributed by atoms with Crippen molar-refractivity contribution in [2.45, 2.75) is 25.0 Å². The van der Waals surface area contributed by atoms with Gasteiger partial charge < -0.3 is 35.7 Å². The maximum atomic E-state index is 12.9. The number of piperidine rings is 1. The van der Waals surface area contributed by atoms with Crippen molar-refractivity contribution in [3.05, 3.63) is 47.0 Å². The lowest BCUT2D eigenvalue weighted by Gasteiger charge is -2.38. The smallest absolute Gasteiger partial charge is 0.255 e. The first-order valence-corrected chi connectivity index (χ1v) is 11.7. The Kier molecular flexibility index (Phi) is 7.77. The molecule has 2 atom stereocenters. The highest BCUT2D eigenvalue weighted by molar-refractivity contribution is 6.33. The Morgan fingerprint density at radius 1 is 1.32 bits per heavy atom. The van der Waals surface area contributed by atoms with Crippen LogP contribution in [0.4, 0.5) is 11.6 Å². The van der Waals surface area contributed by atoms with Crippen molar-refractivity contribution in [3.8, 4) is 5.75 Å². The molecule has 1 fully saturated rings. The van der Waals surface area contributed by atoms with Crippen LogP contribution in [0.2, 0.25) is 5.02 Å². The van der Waals surface area contributed by atoms with Crippen LogP contribution in [0.15, 0.2) is 36.4 Å². The van der Waals surface area contributed by atoms with E-state index in [1.54, 1.807) is 13.2 Å². The van der Waals surface area contributed by atoms with Crippen LogP contribution in [0.5, 0.6) is 5.75 Å². The molecule has 1 amide bonds. The van der Waals surface area contributed by atoms with Gasteiger partial charge in [0.25, 0.3) is 5.91 Å². The number of H-pyrrole nitrogens is 1. The number of para-hydroxylation sites is 2. The molecule has 1 aliphatic rings. The number of hydrogen-bond acceptors (Lipinski definition) is 7. The van der Waals surface area contributed by atoms with Crippen LogP contribution in [0.1, 0.15) is 23.2 Å². The number of anilines is 2. The molecule has 0 aliphatic carbocycles. The van der Waals surface area contributed by atoms with Gasteiger partial charge in [-0.25, -0.2) is 4.98 Å². The van der Waals surface area contributed by atoms with E-state index in [-0.39, 0.29) is 18.1 Å². The number of hydrogen-bond donors (Lipinski definition) is 4. The lowest BCUT2D eigenvalue weighted by Crippen LogP contribution is -2.55. The van der Waals surface area contributed by atoms with Gasteiger partial charge in [0.1, 0.15) is 5.75 Å². The van der Waals surface area contributed by atoms with Gasteiger partial charge >= 0.3 is 0 Å². The zero-order chi connectivity index (χ0) is 24.1. The Morgan fingerprint density at radius 3 is 2.91 bits per heavy atom. The van der Waals surface area contributed by atoms with Crippen molar-refractivity contribution in [3.63, 3.8) is 0 Å². The summed E-state index contributed by atoms with van der Waals surface area (Å²) < 4.78 is 11.0. The van der Waals surface area contributed by atoms with Crippen LogP contribution in [-0.2, 0) is 4.74 Å². The number of nitrogen functional groups attached to an aromatic ring is 1. The number of nitrogens with zero attached hydrogens (tertiary/aromatic N) is 2. The van der Waals surface area contributed by atoms with E-state index in [4.69, 9.17) is 26.8 Å². The number of imidazole rings is 1. The molecule has 10 heteroatoms. The van der Waals surface area contributed by atoms with Gasteiger partial charge in [0.15, 0.2) is 0 Å². The Morgan fingerprint density at radius 2 is 2.15 bits per heavy atom. The summed E-state index contributed by atoms with van der Waals surface area (Å²) in [7, 11) is 3.18. The summed E-state index contributed by atoms with van der Waals surface area (Å²) in [5, 5.41) is 6.76. The predicted octanol–water partition coefficient (Wildman–Crippen LogP) is 3.13. The quantitative estimate of drug-likeness (QED) is 0.271. The van der Waals surface area contributed by atoms with Crippen molar-refractivity contribution in [2.24, 2.45) is 0 Å². The number of fused-ring (bicyclic) bond motifs is 1. The number of amides is 1. The lowest BCUT2D eigenvalue weighted by atomic mass is 10.0. The molecule has 4 rings (SSSR count). The molecule has 182 valence electrons. The van der Waals surface area contributed by atoms with Crippen LogP contribution >= 0.6 is 11.6 Å². The van der Waals surface area contributed by atoms with E-state index in [1.165, 1.54) is 13.2 Å². The molecule has 0 saturated carbocycles. The van der Waals surface area contributed by atoms with Crippen LogP contribution in [0, 0.1) is 0 Å². The molecular weight excluding hydrogens is 456 g/mol. The average molecular weight is 487 g/mol. The van der Waals surface area contributed by atoms with Gasteiger partial charge in [-0.1, -0.05) is 23.7 Å². The molecule has 0 unspecified atom stereocenters. The second kappa shape index (κ2) is 10.9. The van der Waals surface area contributed by atoms with Crippen LogP contribution < -0.4 is 21.1 Å². The fourth-order valence-electron chi connectivity index (χ4n) is 4.30. The maximum Gasteiger partial charge on any atom is 0.255 e. The predicted molar refractivity (Wildman–Crippen MR) is 135 cm³/mol. The minimum Gasteiger partial charge on any atom is -0.496 e. The topological polar surface area (TPSA) is 118 Å². The van der Waals surface area contributed by atoms with Gasteiger partial charge in [0, 0.05) is 32.8 Å². The van der Waals surface area contributed by atoms with Crippen LogP contribution in [-0.4, -0.2) is 73.3 Å². The van der Waals surface area contributed by atoms with Gasteiger partial charge in [-0.2, -0.15) is 0 Å². The van der Waals surface area contributed by atoms with E-state index >= 15 is 0 Å². The van der Waals surface area contributed by atoms with Gasteiger partial charge in [-0.05, 0) is 37.6 Å². The van der Waals surface area contributed by atoms with E-state index < -0.39 is 0 Å². The molecule has 1 aromatic heterocycles. The third-order valence-corrected chi connectivity index (χ3v) is 6.49. The van der Waals surface area contributed by atoms with E-state index in [1.807, 2.05) is 24.3 Å². The molecule has 0 bridgehead atoms. The molecule has 1 aliphatic heterocycles. The number of likely N-dealkylation sites (tertiary alicyclic amines) is 1. The normalized spacial score (nSPS) is 18.7. The average Bonchev–Trinajstić information content (AvgIpc) is 3.26. The minimum atomic E-state index is -0.255. The number of carbonyl (C=O) groups is 1. The Balaban J connectivity index is 1.26. The first-order chi connectivity index (χ1) is 16.5. The highest BCUT2D eigenvalue weighted by Crippen LogP contribution is 2.29. The summed E-state index contributed by atoms with van der Waals surface area (Å²) in [4.78, 5) is 23.1. The van der Waals surface area contributed by atoms with E-state index in [2.05, 4.69) is 25.5 Å². The fraction of sp³-hybridized carbons (Fsp3) is 0.417. The van der Waals surface area contributed by atoms with Crippen LogP contribution in [0.3, 0.4) is 0 Å². The number of nitrogens with two attached hydrogens (primary N) is 1. The number of ether oxygens (including phenoxy) is 2. The highest BCUT2D eigenvalue weighted by Gasteiger charge is 2.31. The number of carbonyl (C=O) groups excluding carboxylic acids is 1. The fourth-order valence-corrected chi connectivity index (χ4v) is 4.46. The van der Waals surface area contributed by atoms with Crippen molar-refractivity contribution < 1.29 is 14.3 Å². The molecule has 34 heavy (non-hydrogen) atoms. The standard InChI is InChI=1S/C24H31ClN6O3/c1-33-21-13-17(26)16(25)12-15(21)23(32)28-20-8-11-31(14-22(20)34-2)10-5-9-27-24-29-18-6-3-4-7-19(18)30-24/h3-4,6-7,12-13,20,22H,5,8-11,14,26H2,1-2H3,(H,28,32)(H2,27,29,30)/t20-,22+/m1/s1. The lowest BCUT2D eigenvalue weighted by molar-refractivity contribution is 0.00637. The second-order valence-electron chi connectivity index (χ2n) is 8.40. The molecule has 5 N–H and O–H groups in total. The van der Waals surface area contributed by atoms with Gasteiger partial charge in [-0.15, -0.1) is 0 Å². The number of methoxy groups -OCH3 is 2. The summed E-state index contributed by atoms with van der Waals surface area (Å²) in [5.74, 6) is 0.924. The summed E-state index contributed by atoms with van der Waals surface area (Å²) >= 11 is 6.12. The molecule has 1 saturated heterocycles. The minimum absolute atomic E-state index is 0.108. The van der Waals surface area contributed by atoms with Gasteiger partial charge in [-0.3, -0.25) is 4.79 Å². The Bertz CT molecular complexity index is 1100.